The van der Waals surface area contributed by atoms with Crippen LogP contribution in [0.25, 0.3) is 0 Å². The fraction of sp³-hybridized carbons (Fsp3) is 0.435. The van der Waals surface area contributed by atoms with Gasteiger partial charge in [0.15, 0.2) is 0 Å². The van der Waals surface area contributed by atoms with E-state index in [9.17, 15) is 13.2 Å². The summed E-state index contributed by atoms with van der Waals surface area (Å²) in [5.41, 5.74) is 1.80. The summed E-state index contributed by atoms with van der Waals surface area (Å²) < 4.78 is 39.1. The third-order valence-electron chi connectivity index (χ3n) is 5.30. The van der Waals surface area contributed by atoms with Gasteiger partial charge >= 0.3 is 0 Å². The molecule has 0 aliphatic carbocycles. The zero-order valence-electron chi connectivity index (χ0n) is 18.0. The molecule has 1 atom stereocenters. The molecular formula is C23H30N2O5S. The number of methoxy groups -OCH3 is 1. The summed E-state index contributed by atoms with van der Waals surface area (Å²) in [6.07, 6.45) is 2.37. The number of carbonyl (C=O) groups excluding carboxylic acids is 1. The van der Waals surface area contributed by atoms with Gasteiger partial charge in [-0.3, -0.25) is 4.79 Å². The first-order valence-corrected chi connectivity index (χ1v) is 11.9. The second-order valence-corrected chi connectivity index (χ2v) is 9.57. The van der Waals surface area contributed by atoms with Crippen LogP contribution >= 0.6 is 0 Å². The maximum atomic E-state index is 13.5. The van der Waals surface area contributed by atoms with Crippen LogP contribution in [0.3, 0.4) is 0 Å². The lowest BCUT2D eigenvalue weighted by molar-refractivity contribution is -0.121. The Hall–Kier alpha value is -2.42. The van der Waals surface area contributed by atoms with Crippen LogP contribution in [0.4, 0.5) is 0 Å². The normalized spacial score (nSPS) is 16.4. The molecule has 1 aliphatic heterocycles. The molecule has 1 N–H and O–H groups in total. The predicted molar refractivity (Wildman–Crippen MR) is 119 cm³/mol. The summed E-state index contributed by atoms with van der Waals surface area (Å²) >= 11 is 0. The van der Waals surface area contributed by atoms with Crippen LogP contribution in [0.2, 0.25) is 0 Å². The number of amides is 1. The molecule has 168 valence electrons. The lowest BCUT2D eigenvalue weighted by Gasteiger charge is -2.23. The van der Waals surface area contributed by atoms with E-state index in [1.165, 1.54) is 11.4 Å². The van der Waals surface area contributed by atoms with Gasteiger partial charge in [0.25, 0.3) is 0 Å². The van der Waals surface area contributed by atoms with Crippen molar-refractivity contribution in [2.24, 2.45) is 0 Å². The van der Waals surface area contributed by atoms with E-state index in [0.29, 0.717) is 19.6 Å². The van der Waals surface area contributed by atoms with Crippen LogP contribution in [-0.2, 0) is 26.0 Å². The fourth-order valence-corrected chi connectivity index (χ4v) is 5.19. The minimum Gasteiger partial charge on any atom is -0.495 e. The van der Waals surface area contributed by atoms with E-state index >= 15 is 0 Å². The molecule has 31 heavy (non-hydrogen) atoms. The number of ether oxygens (including phenoxy) is 2. The first-order chi connectivity index (χ1) is 14.9. The second-order valence-electron chi connectivity index (χ2n) is 7.67. The number of rotatable bonds is 10. The average Bonchev–Trinajstić information content (AvgIpc) is 3.29. The number of hydrogen-bond donors (Lipinski definition) is 1. The van der Waals surface area contributed by atoms with Gasteiger partial charge in [-0.05, 0) is 49.4 Å². The number of hydrogen-bond acceptors (Lipinski definition) is 5. The zero-order valence-corrected chi connectivity index (χ0v) is 18.9. The van der Waals surface area contributed by atoms with Crippen molar-refractivity contribution in [1.29, 1.82) is 0 Å². The minimum atomic E-state index is -3.95. The van der Waals surface area contributed by atoms with Crippen molar-refractivity contribution in [3.8, 4) is 5.75 Å². The zero-order chi connectivity index (χ0) is 22.3. The second kappa shape index (κ2) is 10.7. The van der Waals surface area contributed by atoms with Crippen LogP contribution in [0.1, 0.15) is 24.0 Å². The van der Waals surface area contributed by atoms with Gasteiger partial charge in [-0.25, -0.2) is 8.42 Å². The topological polar surface area (TPSA) is 84.9 Å². The number of benzene rings is 2. The van der Waals surface area contributed by atoms with Crippen molar-refractivity contribution in [2.45, 2.75) is 37.2 Å². The smallest absolute Gasteiger partial charge is 0.247 e. The largest absolute Gasteiger partial charge is 0.495 e. The summed E-state index contributed by atoms with van der Waals surface area (Å²) in [5.74, 6) is -0.0890. The van der Waals surface area contributed by atoms with Gasteiger partial charge in [-0.1, -0.05) is 36.4 Å². The standard InChI is InChI=1S/C23H30N2O5S/c1-18-10-11-21(29-2)22(15-18)31(27,28)25(13-12-19-7-4-3-5-8-19)17-23(26)24-16-20-9-6-14-30-20/h3-5,7-8,10-11,15,20H,6,9,12-14,16-17H2,1-2H3,(H,24,26)/t20-/m1/s1. The van der Waals surface area contributed by atoms with Crippen LogP contribution in [0.15, 0.2) is 53.4 Å². The van der Waals surface area contributed by atoms with Crippen LogP contribution in [-0.4, -0.2) is 58.1 Å². The van der Waals surface area contributed by atoms with Gasteiger partial charge < -0.3 is 14.8 Å². The summed E-state index contributed by atoms with van der Waals surface area (Å²) in [5, 5.41) is 2.82. The maximum absolute atomic E-state index is 13.5. The van der Waals surface area contributed by atoms with E-state index in [0.717, 1.165) is 24.0 Å². The van der Waals surface area contributed by atoms with E-state index in [2.05, 4.69) is 5.32 Å². The number of nitrogens with zero attached hydrogens (tertiary/aromatic N) is 1. The molecule has 1 aliphatic rings. The molecule has 2 aromatic carbocycles. The minimum absolute atomic E-state index is 0.00445. The highest BCUT2D eigenvalue weighted by atomic mass is 32.2. The van der Waals surface area contributed by atoms with Crippen LogP contribution < -0.4 is 10.1 Å². The Bertz CT molecular complexity index is 973. The molecule has 0 radical (unpaired) electrons. The summed E-state index contributed by atoms with van der Waals surface area (Å²) in [6.45, 7) is 2.82. The Kier molecular flexibility index (Phi) is 8.06. The lowest BCUT2D eigenvalue weighted by Crippen LogP contribution is -2.43. The first-order valence-electron chi connectivity index (χ1n) is 10.5. The van der Waals surface area contributed by atoms with Gasteiger partial charge in [0.2, 0.25) is 15.9 Å². The van der Waals surface area contributed by atoms with Crippen molar-refractivity contribution in [1.82, 2.24) is 9.62 Å². The molecule has 2 aromatic rings. The van der Waals surface area contributed by atoms with E-state index in [1.807, 2.05) is 37.3 Å². The summed E-state index contributed by atoms with van der Waals surface area (Å²) in [6, 6.07) is 14.6. The molecule has 0 bridgehead atoms. The molecule has 1 amide bonds. The molecule has 1 fully saturated rings. The Morgan fingerprint density at radius 3 is 2.68 bits per heavy atom. The van der Waals surface area contributed by atoms with Gasteiger partial charge in [0.05, 0.1) is 19.8 Å². The van der Waals surface area contributed by atoms with Crippen LogP contribution in [0, 0.1) is 6.92 Å². The molecule has 0 saturated carbocycles. The molecule has 0 unspecified atom stereocenters. The molecule has 1 heterocycles. The molecule has 0 aromatic heterocycles. The van der Waals surface area contributed by atoms with Crippen molar-refractivity contribution in [2.75, 3.05) is 33.4 Å². The molecule has 3 rings (SSSR count). The molecule has 7 nitrogen and oxygen atoms in total. The predicted octanol–water partition coefficient (Wildman–Crippen LogP) is 2.53. The highest BCUT2D eigenvalue weighted by Crippen LogP contribution is 2.28. The lowest BCUT2D eigenvalue weighted by atomic mass is 10.1. The molecule has 0 spiro atoms. The molecule has 1 saturated heterocycles. The fourth-order valence-electron chi connectivity index (χ4n) is 3.56. The molecular weight excluding hydrogens is 416 g/mol. The van der Waals surface area contributed by atoms with Gasteiger partial charge in [-0.15, -0.1) is 0 Å². The van der Waals surface area contributed by atoms with Crippen molar-refractivity contribution in [3.05, 3.63) is 59.7 Å². The number of aryl methyl sites for hydroxylation is 1. The number of carbonyl (C=O) groups is 1. The number of nitrogens with one attached hydrogen (secondary N) is 1. The monoisotopic (exact) mass is 446 g/mol. The van der Waals surface area contributed by atoms with Crippen molar-refractivity contribution < 1.29 is 22.7 Å². The number of sulfonamides is 1. The average molecular weight is 447 g/mol. The highest BCUT2D eigenvalue weighted by molar-refractivity contribution is 7.89. The maximum Gasteiger partial charge on any atom is 0.247 e. The third-order valence-corrected chi connectivity index (χ3v) is 7.17. The molecule has 8 heteroatoms. The SMILES string of the molecule is COc1ccc(C)cc1S(=O)(=O)N(CCc1ccccc1)CC(=O)NC[C@H]1CCCO1. The summed E-state index contributed by atoms with van der Waals surface area (Å²) in [7, 11) is -2.52. The summed E-state index contributed by atoms with van der Waals surface area (Å²) in [4.78, 5) is 12.7. The van der Waals surface area contributed by atoms with Gasteiger partial charge in [0.1, 0.15) is 10.6 Å². The van der Waals surface area contributed by atoms with Gasteiger partial charge in [0, 0.05) is 19.7 Å². The van der Waals surface area contributed by atoms with E-state index < -0.39 is 10.0 Å². The van der Waals surface area contributed by atoms with Crippen LogP contribution in [0.5, 0.6) is 5.75 Å². The third kappa shape index (κ3) is 6.29. The van der Waals surface area contributed by atoms with E-state index in [4.69, 9.17) is 9.47 Å². The highest BCUT2D eigenvalue weighted by Gasteiger charge is 2.30. The Morgan fingerprint density at radius 2 is 2.00 bits per heavy atom. The van der Waals surface area contributed by atoms with Gasteiger partial charge in [-0.2, -0.15) is 4.31 Å². The Morgan fingerprint density at radius 1 is 1.23 bits per heavy atom. The van der Waals surface area contributed by atoms with E-state index in [1.54, 1.807) is 18.2 Å². The quantitative estimate of drug-likeness (QED) is 0.606. The Balaban J connectivity index is 1.79. The van der Waals surface area contributed by atoms with Crippen molar-refractivity contribution >= 4 is 15.9 Å². The first kappa shape index (κ1) is 23.2. The van der Waals surface area contributed by atoms with E-state index in [-0.39, 0.29) is 35.7 Å². The Labute approximate surface area is 184 Å². The van der Waals surface area contributed by atoms with Crippen molar-refractivity contribution in [3.63, 3.8) is 0 Å².